The molecule has 0 aromatic carbocycles. The van der Waals surface area contributed by atoms with Crippen LogP contribution in [0.25, 0.3) is 0 Å². The Morgan fingerprint density at radius 1 is 1.43 bits per heavy atom. The molecular weight excluding hydrogens is 306 g/mol. The molecule has 4 nitrogen and oxygen atoms in total. The van der Waals surface area contributed by atoms with Gasteiger partial charge in [0.2, 0.25) is 5.91 Å². The number of nitrogens with two attached hydrogens (primary N) is 1. The van der Waals surface area contributed by atoms with E-state index in [-0.39, 0.29) is 11.9 Å². The summed E-state index contributed by atoms with van der Waals surface area (Å²) in [5.74, 6) is 0.859. The molecule has 1 saturated carbocycles. The largest absolute Gasteiger partial charge is 0.353 e. The van der Waals surface area contributed by atoms with Crippen LogP contribution in [0.4, 0.5) is 0 Å². The molecule has 3 N–H and O–H groups in total. The van der Waals surface area contributed by atoms with Gasteiger partial charge < -0.3 is 11.1 Å². The third-order valence-electron chi connectivity index (χ3n) is 5.53. The fourth-order valence-corrected chi connectivity index (χ4v) is 4.69. The van der Waals surface area contributed by atoms with E-state index in [1.54, 1.807) is 11.3 Å². The molecule has 1 aliphatic heterocycles. The summed E-state index contributed by atoms with van der Waals surface area (Å²) in [6, 6.07) is 4.58. The van der Waals surface area contributed by atoms with Gasteiger partial charge in [0, 0.05) is 11.4 Å². The average molecular weight is 336 g/mol. The van der Waals surface area contributed by atoms with Crippen molar-refractivity contribution >= 4 is 17.2 Å². The Morgan fingerprint density at radius 2 is 2.13 bits per heavy atom. The lowest BCUT2D eigenvalue weighted by Crippen LogP contribution is -2.53. The van der Waals surface area contributed by atoms with Crippen LogP contribution in [0.15, 0.2) is 17.5 Å². The quantitative estimate of drug-likeness (QED) is 0.870. The number of rotatable bonds is 5. The van der Waals surface area contributed by atoms with E-state index in [1.807, 2.05) is 0 Å². The molecule has 1 aliphatic carbocycles. The predicted molar refractivity (Wildman–Crippen MR) is 95.4 cm³/mol. The number of nitrogens with zero attached hydrogens (tertiary/aromatic N) is 1. The maximum Gasteiger partial charge on any atom is 0.240 e. The van der Waals surface area contributed by atoms with Gasteiger partial charge in [-0.3, -0.25) is 9.69 Å². The van der Waals surface area contributed by atoms with Gasteiger partial charge in [-0.2, -0.15) is 0 Å². The van der Waals surface area contributed by atoms with Crippen LogP contribution in [0.3, 0.4) is 0 Å². The summed E-state index contributed by atoms with van der Waals surface area (Å²) in [7, 11) is 0. The van der Waals surface area contributed by atoms with Crippen LogP contribution in [-0.2, 0) is 4.79 Å². The predicted octanol–water partition coefficient (Wildman–Crippen LogP) is 2.91. The minimum Gasteiger partial charge on any atom is -0.353 e. The van der Waals surface area contributed by atoms with Crippen molar-refractivity contribution in [2.45, 2.75) is 57.0 Å². The van der Waals surface area contributed by atoms with Gasteiger partial charge >= 0.3 is 0 Å². The van der Waals surface area contributed by atoms with Crippen molar-refractivity contribution < 1.29 is 4.79 Å². The molecule has 2 heterocycles. The fraction of sp³-hybridized carbons (Fsp3) is 0.722. The minimum atomic E-state index is -0.629. The molecule has 1 atom stereocenters. The van der Waals surface area contributed by atoms with E-state index in [2.05, 4.69) is 34.7 Å². The standard InChI is InChI=1S/C18H29N3OS/c1-14-6-10-21(11-7-14)15(16-5-4-12-23-16)13-20-17(22)18(19)8-2-3-9-18/h4-5,12,14-15H,2-3,6-11,13,19H2,1H3,(H,20,22). The van der Waals surface area contributed by atoms with Crippen LogP contribution in [0.1, 0.15) is 56.4 Å². The molecule has 1 amide bonds. The highest BCUT2D eigenvalue weighted by Crippen LogP contribution is 2.30. The monoisotopic (exact) mass is 335 g/mol. The maximum absolute atomic E-state index is 12.5. The first-order valence-corrected chi connectivity index (χ1v) is 9.81. The first-order valence-electron chi connectivity index (χ1n) is 8.93. The Balaban J connectivity index is 1.63. The number of amides is 1. The van der Waals surface area contributed by atoms with E-state index in [9.17, 15) is 4.79 Å². The highest BCUT2D eigenvalue weighted by molar-refractivity contribution is 7.10. The fourth-order valence-electron chi connectivity index (χ4n) is 3.83. The van der Waals surface area contributed by atoms with Crippen molar-refractivity contribution in [2.75, 3.05) is 19.6 Å². The van der Waals surface area contributed by atoms with Gasteiger partial charge in [0.05, 0.1) is 11.6 Å². The summed E-state index contributed by atoms with van der Waals surface area (Å²) in [6.07, 6.45) is 6.28. The zero-order valence-corrected chi connectivity index (χ0v) is 14.9. The summed E-state index contributed by atoms with van der Waals surface area (Å²) < 4.78 is 0. The van der Waals surface area contributed by atoms with Gasteiger partial charge in [0.15, 0.2) is 0 Å². The molecule has 0 spiro atoms. The van der Waals surface area contributed by atoms with Crippen LogP contribution < -0.4 is 11.1 Å². The third kappa shape index (κ3) is 3.95. The molecule has 128 valence electrons. The molecule has 23 heavy (non-hydrogen) atoms. The number of carbonyl (C=O) groups is 1. The van der Waals surface area contributed by atoms with E-state index in [4.69, 9.17) is 5.73 Å². The van der Waals surface area contributed by atoms with Gasteiger partial charge in [-0.1, -0.05) is 25.8 Å². The van der Waals surface area contributed by atoms with Crippen LogP contribution >= 0.6 is 11.3 Å². The van der Waals surface area contributed by atoms with E-state index in [0.717, 1.165) is 44.7 Å². The van der Waals surface area contributed by atoms with Crippen molar-refractivity contribution in [3.8, 4) is 0 Å². The zero-order chi connectivity index (χ0) is 16.3. The molecule has 0 radical (unpaired) electrons. The lowest BCUT2D eigenvalue weighted by atomic mass is 9.96. The Hall–Kier alpha value is -0.910. The van der Waals surface area contributed by atoms with E-state index >= 15 is 0 Å². The molecule has 5 heteroatoms. The second-order valence-corrected chi connectivity index (χ2v) is 8.30. The lowest BCUT2D eigenvalue weighted by Gasteiger charge is -2.37. The van der Waals surface area contributed by atoms with Crippen molar-refractivity contribution in [2.24, 2.45) is 11.7 Å². The number of likely N-dealkylation sites (tertiary alicyclic amines) is 1. The molecule has 1 unspecified atom stereocenters. The first kappa shape index (κ1) is 16.9. The van der Waals surface area contributed by atoms with E-state index < -0.39 is 5.54 Å². The van der Waals surface area contributed by atoms with Crippen molar-refractivity contribution in [3.63, 3.8) is 0 Å². The maximum atomic E-state index is 12.5. The number of thiophene rings is 1. The van der Waals surface area contributed by atoms with E-state index in [1.165, 1.54) is 17.7 Å². The molecule has 1 saturated heterocycles. The molecule has 0 bridgehead atoms. The summed E-state index contributed by atoms with van der Waals surface area (Å²) in [4.78, 5) is 16.4. The minimum absolute atomic E-state index is 0.0435. The van der Waals surface area contributed by atoms with Crippen LogP contribution in [0.2, 0.25) is 0 Å². The van der Waals surface area contributed by atoms with Crippen LogP contribution in [-0.4, -0.2) is 36.0 Å². The van der Waals surface area contributed by atoms with Crippen LogP contribution in [0.5, 0.6) is 0 Å². The summed E-state index contributed by atoms with van der Waals surface area (Å²) in [5.41, 5.74) is 5.65. The topological polar surface area (TPSA) is 58.4 Å². The highest BCUT2D eigenvalue weighted by Gasteiger charge is 2.37. The Bertz CT molecular complexity index is 502. The average Bonchev–Trinajstić information content (AvgIpc) is 3.21. The van der Waals surface area contributed by atoms with Gasteiger partial charge in [0.25, 0.3) is 0 Å². The normalized spacial score (nSPS) is 23.7. The molecule has 2 fully saturated rings. The molecule has 1 aromatic rings. The van der Waals surface area contributed by atoms with Gasteiger partial charge in [0.1, 0.15) is 0 Å². The second-order valence-electron chi connectivity index (χ2n) is 7.32. The van der Waals surface area contributed by atoms with Crippen molar-refractivity contribution in [1.82, 2.24) is 10.2 Å². The second kappa shape index (κ2) is 7.32. The number of nitrogens with one attached hydrogen (secondary N) is 1. The van der Waals surface area contributed by atoms with Gasteiger partial charge in [-0.05, 0) is 56.1 Å². The smallest absolute Gasteiger partial charge is 0.240 e. The van der Waals surface area contributed by atoms with Crippen molar-refractivity contribution in [1.29, 1.82) is 0 Å². The van der Waals surface area contributed by atoms with Crippen LogP contribution in [0, 0.1) is 5.92 Å². The summed E-state index contributed by atoms with van der Waals surface area (Å²) in [6.45, 7) is 5.24. The number of hydrogen-bond acceptors (Lipinski definition) is 4. The van der Waals surface area contributed by atoms with Gasteiger partial charge in [-0.25, -0.2) is 0 Å². The third-order valence-corrected chi connectivity index (χ3v) is 6.51. The Kier molecular flexibility index (Phi) is 5.39. The Morgan fingerprint density at radius 3 is 2.74 bits per heavy atom. The highest BCUT2D eigenvalue weighted by atomic mass is 32.1. The Labute approximate surface area is 143 Å². The number of hydrogen-bond donors (Lipinski definition) is 2. The summed E-state index contributed by atoms with van der Waals surface area (Å²) in [5, 5.41) is 5.29. The lowest BCUT2D eigenvalue weighted by molar-refractivity contribution is -0.126. The first-order chi connectivity index (χ1) is 11.1. The molecular formula is C18H29N3OS. The number of carbonyl (C=O) groups excluding carboxylic acids is 1. The van der Waals surface area contributed by atoms with E-state index in [0.29, 0.717) is 6.54 Å². The molecule has 1 aromatic heterocycles. The number of piperidine rings is 1. The summed E-state index contributed by atoms with van der Waals surface area (Å²) >= 11 is 1.78. The van der Waals surface area contributed by atoms with Crippen molar-refractivity contribution in [3.05, 3.63) is 22.4 Å². The SMILES string of the molecule is CC1CCN(C(CNC(=O)C2(N)CCCC2)c2cccs2)CC1. The molecule has 2 aliphatic rings. The molecule has 3 rings (SSSR count). The zero-order valence-electron chi connectivity index (χ0n) is 14.1. The van der Waals surface area contributed by atoms with Gasteiger partial charge in [-0.15, -0.1) is 11.3 Å².